The molecule has 1 aliphatic heterocycles. The van der Waals surface area contributed by atoms with E-state index < -0.39 is 0 Å². The van der Waals surface area contributed by atoms with Crippen LogP contribution in [0.15, 0.2) is 16.7 Å². The molecule has 1 amide bonds. The van der Waals surface area contributed by atoms with E-state index >= 15 is 0 Å². The number of carbonyl (C=O) groups is 1. The Bertz CT molecular complexity index is 400. The number of piperidine rings is 1. The predicted octanol–water partition coefficient (Wildman–Crippen LogP) is 2.66. The highest BCUT2D eigenvalue weighted by Crippen LogP contribution is 2.20. The van der Waals surface area contributed by atoms with Crippen LogP contribution >= 0.6 is 15.9 Å². The summed E-state index contributed by atoms with van der Waals surface area (Å²) in [5, 5.41) is 0. The van der Waals surface area contributed by atoms with Gasteiger partial charge >= 0.3 is 0 Å². The van der Waals surface area contributed by atoms with Crippen molar-refractivity contribution in [2.24, 2.45) is 13.0 Å². The molecule has 0 N–H and O–H groups in total. The van der Waals surface area contributed by atoms with Crippen LogP contribution in [0, 0.1) is 5.92 Å². The van der Waals surface area contributed by atoms with Gasteiger partial charge in [0.2, 0.25) is 0 Å². The third kappa shape index (κ3) is 2.32. The topological polar surface area (TPSA) is 25.2 Å². The molecule has 0 saturated carbocycles. The number of nitrogens with zero attached hydrogens (tertiary/aromatic N) is 2. The molecule has 1 saturated heterocycles. The van der Waals surface area contributed by atoms with Gasteiger partial charge in [-0.3, -0.25) is 4.79 Å². The molecule has 1 atom stereocenters. The van der Waals surface area contributed by atoms with Gasteiger partial charge < -0.3 is 9.47 Å². The van der Waals surface area contributed by atoms with Crippen molar-refractivity contribution in [2.75, 3.05) is 13.1 Å². The maximum absolute atomic E-state index is 12.3. The Morgan fingerprint density at radius 1 is 1.56 bits per heavy atom. The molecule has 2 heterocycles. The molecule has 4 heteroatoms. The fourth-order valence-electron chi connectivity index (χ4n) is 2.27. The van der Waals surface area contributed by atoms with Crippen molar-refractivity contribution in [2.45, 2.75) is 19.8 Å². The first kappa shape index (κ1) is 11.7. The lowest BCUT2D eigenvalue weighted by molar-refractivity contribution is 0.0673. The molecule has 1 fully saturated rings. The molecule has 0 aromatic carbocycles. The normalized spacial score (nSPS) is 21.2. The zero-order valence-corrected chi connectivity index (χ0v) is 11.3. The largest absolute Gasteiger partial charge is 0.345 e. The number of hydrogen-bond acceptors (Lipinski definition) is 1. The maximum atomic E-state index is 12.3. The number of aryl methyl sites for hydroxylation is 1. The summed E-state index contributed by atoms with van der Waals surface area (Å²) in [4.78, 5) is 14.2. The molecule has 3 nitrogen and oxygen atoms in total. The summed E-state index contributed by atoms with van der Waals surface area (Å²) in [6, 6.07) is 1.89. The molecular formula is C12H17BrN2O. The third-order valence-electron chi connectivity index (χ3n) is 3.13. The molecule has 1 unspecified atom stereocenters. The number of carbonyl (C=O) groups excluding carboxylic acids is 1. The standard InChI is InChI=1S/C12H17BrN2O/c1-9-4-3-5-15(7-9)12(16)11-6-10(13)8-14(11)2/h6,8-9H,3-5,7H2,1-2H3. The van der Waals surface area contributed by atoms with E-state index in [0.717, 1.165) is 29.7 Å². The van der Waals surface area contributed by atoms with Gasteiger partial charge in [0.25, 0.3) is 5.91 Å². The van der Waals surface area contributed by atoms with Crippen molar-refractivity contribution < 1.29 is 4.79 Å². The summed E-state index contributed by atoms with van der Waals surface area (Å²) in [7, 11) is 1.91. The van der Waals surface area contributed by atoms with Gasteiger partial charge in [-0.1, -0.05) is 6.92 Å². The monoisotopic (exact) mass is 284 g/mol. The number of hydrogen-bond donors (Lipinski definition) is 0. The molecule has 1 aromatic heterocycles. The van der Waals surface area contributed by atoms with Crippen LogP contribution in [0.25, 0.3) is 0 Å². The Hall–Kier alpha value is -0.770. The Labute approximate surface area is 105 Å². The van der Waals surface area contributed by atoms with Gasteiger partial charge in [-0.25, -0.2) is 0 Å². The van der Waals surface area contributed by atoms with Crippen LogP contribution in [0.5, 0.6) is 0 Å². The predicted molar refractivity (Wildman–Crippen MR) is 67.4 cm³/mol. The van der Waals surface area contributed by atoms with E-state index in [-0.39, 0.29) is 5.91 Å². The highest BCUT2D eigenvalue weighted by atomic mass is 79.9. The first-order valence-corrected chi connectivity index (χ1v) is 6.48. The van der Waals surface area contributed by atoms with E-state index in [0.29, 0.717) is 5.92 Å². The molecule has 88 valence electrons. The maximum Gasteiger partial charge on any atom is 0.270 e. The molecule has 1 aromatic rings. The van der Waals surface area contributed by atoms with E-state index in [1.165, 1.54) is 6.42 Å². The zero-order chi connectivity index (χ0) is 11.7. The summed E-state index contributed by atoms with van der Waals surface area (Å²) in [6.07, 6.45) is 4.28. The molecule has 0 bridgehead atoms. The highest BCUT2D eigenvalue weighted by Gasteiger charge is 2.23. The smallest absolute Gasteiger partial charge is 0.270 e. The lowest BCUT2D eigenvalue weighted by atomic mass is 10.00. The lowest BCUT2D eigenvalue weighted by Gasteiger charge is -2.30. The molecular weight excluding hydrogens is 268 g/mol. The van der Waals surface area contributed by atoms with Crippen LogP contribution in [-0.4, -0.2) is 28.5 Å². The second-order valence-electron chi connectivity index (χ2n) is 4.65. The molecule has 16 heavy (non-hydrogen) atoms. The van der Waals surface area contributed by atoms with Crippen molar-refractivity contribution in [1.29, 1.82) is 0 Å². The summed E-state index contributed by atoms with van der Waals surface area (Å²) in [5.41, 5.74) is 0.765. The van der Waals surface area contributed by atoms with Gasteiger partial charge in [0, 0.05) is 30.8 Å². The van der Waals surface area contributed by atoms with Crippen molar-refractivity contribution in [1.82, 2.24) is 9.47 Å². The molecule has 1 aliphatic rings. The van der Waals surface area contributed by atoms with Crippen molar-refractivity contribution >= 4 is 21.8 Å². The fraction of sp³-hybridized carbons (Fsp3) is 0.583. The second kappa shape index (κ2) is 4.62. The molecule has 0 spiro atoms. The number of aromatic nitrogens is 1. The average molecular weight is 285 g/mol. The van der Waals surface area contributed by atoms with Crippen LogP contribution in [0.2, 0.25) is 0 Å². The first-order valence-electron chi connectivity index (χ1n) is 5.69. The van der Waals surface area contributed by atoms with E-state index in [4.69, 9.17) is 0 Å². The number of rotatable bonds is 1. The van der Waals surface area contributed by atoms with E-state index in [1.54, 1.807) is 0 Å². The Morgan fingerprint density at radius 3 is 2.88 bits per heavy atom. The van der Waals surface area contributed by atoms with Gasteiger partial charge in [-0.15, -0.1) is 0 Å². The first-order chi connectivity index (χ1) is 7.58. The van der Waals surface area contributed by atoms with E-state index in [1.807, 2.05) is 28.8 Å². The Morgan fingerprint density at radius 2 is 2.31 bits per heavy atom. The Kier molecular flexibility index (Phi) is 3.38. The van der Waals surface area contributed by atoms with Gasteiger partial charge in [-0.2, -0.15) is 0 Å². The quantitative estimate of drug-likeness (QED) is 0.778. The number of halogens is 1. The van der Waals surface area contributed by atoms with Crippen molar-refractivity contribution in [3.63, 3.8) is 0 Å². The highest BCUT2D eigenvalue weighted by molar-refractivity contribution is 9.10. The van der Waals surface area contributed by atoms with Crippen LogP contribution in [-0.2, 0) is 7.05 Å². The van der Waals surface area contributed by atoms with Gasteiger partial charge in [-0.05, 0) is 40.8 Å². The van der Waals surface area contributed by atoms with Gasteiger partial charge in [0.15, 0.2) is 0 Å². The minimum absolute atomic E-state index is 0.153. The number of amides is 1. The minimum Gasteiger partial charge on any atom is -0.345 e. The lowest BCUT2D eigenvalue weighted by Crippen LogP contribution is -2.39. The van der Waals surface area contributed by atoms with Crippen LogP contribution in [0.3, 0.4) is 0 Å². The molecule has 2 rings (SSSR count). The number of likely N-dealkylation sites (tertiary alicyclic amines) is 1. The Balaban J connectivity index is 2.15. The van der Waals surface area contributed by atoms with Crippen molar-refractivity contribution in [3.8, 4) is 0 Å². The van der Waals surface area contributed by atoms with Crippen LogP contribution in [0.4, 0.5) is 0 Å². The second-order valence-corrected chi connectivity index (χ2v) is 5.57. The fourth-order valence-corrected chi connectivity index (χ4v) is 2.80. The van der Waals surface area contributed by atoms with Crippen molar-refractivity contribution in [3.05, 3.63) is 22.4 Å². The zero-order valence-electron chi connectivity index (χ0n) is 9.74. The van der Waals surface area contributed by atoms with E-state index in [9.17, 15) is 4.79 Å². The average Bonchev–Trinajstić information content (AvgIpc) is 2.57. The molecule has 0 radical (unpaired) electrons. The van der Waals surface area contributed by atoms with Crippen LogP contribution < -0.4 is 0 Å². The summed E-state index contributed by atoms with van der Waals surface area (Å²) >= 11 is 3.40. The summed E-state index contributed by atoms with van der Waals surface area (Å²) < 4.78 is 2.84. The van der Waals surface area contributed by atoms with Gasteiger partial charge in [0.05, 0.1) is 0 Å². The minimum atomic E-state index is 0.153. The third-order valence-corrected chi connectivity index (χ3v) is 3.57. The van der Waals surface area contributed by atoms with E-state index in [2.05, 4.69) is 22.9 Å². The van der Waals surface area contributed by atoms with Gasteiger partial charge in [0.1, 0.15) is 5.69 Å². The SMILES string of the molecule is CC1CCCN(C(=O)c2cc(Br)cn2C)C1. The summed E-state index contributed by atoms with van der Waals surface area (Å²) in [5.74, 6) is 0.779. The summed E-state index contributed by atoms with van der Waals surface area (Å²) in [6.45, 7) is 3.99. The van der Waals surface area contributed by atoms with Crippen LogP contribution in [0.1, 0.15) is 30.3 Å². The molecule has 0 aliphatic carbocycles.